The summed E-state index contributed by atoms with van der Waals surface area (Å²) in [7, 11) is 1.85. The molecule has 1 aliphatic heterocycles. The highest BCUT2D eigenvalue weighted by Crippen LogP contribution is 2.36. The summed E-state index contributed by atoms with van der Waals surface area (Å²) in [6.07, 6.45) is 5.00. The number of amidine groups is 1. The van der Waals surface area contributed by atoms with Gasteiger partial charge < -0.3 is 9.64 Å². The lowest BCUT2D eigenvalue weighted by molar-refractivity contribution is 0.132. The quantitative estimate of drug-likeness (QED) is 0.437. The van der Waals surface area contributed by atoms with E-state index in [-0.39, 0.29) is 17.9 Å². The van der Waals surface area contributed by atoms with Crippen molar-refractivity contribution in [3.63, 3.8) is 0 Å². The molecular weight excluding hydrogens is 427 g/mol. The summed E-state index contributed by atoms with van der Waals surface area (Å²) in [4.78, 5) is 13.4. The number of nitrogens with zero attached hydrogens (tertiary/aromatic N) is 4. The maximum atomic E-state index is 13.9. The fourth-order valence-electron chi connectivity index (χ4n) is 4.72. The third-order valence-corrected chi connectivity index (χ3v) is 6.58. The van der Waals surface area contributed by atoms with Crippen LogP contribution in [-0.4, -0.2) is 42.0 Å². The Balaban J connectivity index is 1.53. The molecule has 4 rings (SSSR count). The Hall–Kier alpha value is -2.44. The summed E-state index contributed by atoms with van der Waals surface area (Å²) >= 11 is 6.33. The molecule has 0 N–H and O–H groups in total. The maximum Gasteiger partial charge on any atom is 0.250 e. The molecule has 0 bridgehead atoms. The van der Waals surface area contributed by atoms with Crippen LogP contribution in [0.4, 0.5) is 10.1 Å². The minimum atomic E-state index is -0.415. The molecule has 0 saturated heterocycles. The van der Waals surface area contributed by atoms with Gasteiger partial charge in [0.05, 0.1) is 5.69 Å². The number of benzene rings is 1. The highest BCUT2D eigenvalue weighted by molar-refractivity contribution is 6.30. The number of anilines is 1. The minimum Gasteiger partial charge on any atom is -0.472 e. The first kappa shape index (κ1) is 22.7. The molecule has 1 fully saturated rings. The van der Waals surface area contributed by atoms with E-state index in [2.05, 4.69) is 34.4 Å². The Labute approximate surface area is 194 Å². The molecule has 1 aliphatic carbocycles. The van der Waals surface area contributed by atoms with E-state index in [0.29, 0.717) is 0 Å². The molecule has 32 heavy (non-hydrogen) atoms. The van der Waals surface area contributed by atoms with Crippen LogP contribution in [0.3, 0.4) is 0 Å². The Bertz CT molecular complexity index is 1000. The number of hydrogen-bond acceptors (Lipinski definition) is 4. The lowest BCUT2D eigenvalue weighted by Crippen LogP contribution is -2.40. The molecule has 0 radical (unpaired) electrons. The number of likely N-dealkylation sites (N-methyl/N-ethyl adjacent to an activating group) is 1. The molecule has 0 amide bonds. The number of halogens is 2. The molecule has 7 heteroatoms. The Kier molecular flexibility index (Phi) is 7.11. The average Bonchev–Trinajstić information content (AvgIpc) is 2.93. The number of rotatable bonds is 4. The van der Waals surface area contributed by atoms with Crippen molar-refractivity contribution in [2.75, 3.05) is 25.0 Å². The average molecular weight is 457 g/mol. The predicted octanol–water partition coefficient (Wildman–Crippen LogP) is 5.70. The number of aromatic nitrogens is 1. The van der Waals surface area contributed by atoms with Crippen molar-refractivity contribution >= 4 is 23.1 Å². The van der Waals surface area contributed by atoms with Gasteiger partial charge in [0.1, 0.15) is 11.9 Å². The molecule has 0 unspecified atom stereocenters. The minimum absolute atomic E-state index is 0.0391. The van der Waals surface area contributed by atoms with Crippen LogP contribution in [0.25, 0.3) is 0 Å². The number of pyridine rings is 1. The molecule has 2 aliphatic rings. The van der Waals surface area contributed by atoms with E-state index in [9.17, 15) is 4.39 Å². The van der Waals surface area contributed by atoms with Gasteiger partial charge in [-0.05, 0) is 68.1 Å². The standard InChI is InChI=1S/C25H30ClFN4O/c1-4-30-15-17(2)31(23-12-9-20(26)14-19(23)16-30)24(28-3)18-7-10-21(11-8-18)32-25-22(27)6-5-13-29-25/h5-6,9,12-14,18,21H,2,4,7-8,10-11,15-16H2,1,3H3. The van der Waals surface area contributed by atoms with E-state index in [4.69, 9.17) is 21.3 Å². The van der Waals surface area contributed by atoms with E-state index in [1.54, 1.807) is 12.3 Å². The van der Waals surface area contributed by atoms with Gasteiger partial charge in [-0.1, -0.05) is 25.1 Å². The second-order valence-electron chi connectivity index (χ2n) is 8.44. The largest absolute Gasteiger partial charge is 0.472 e. The summed E-state index contributed by atoms with van der Waals surface area (Å²) in [5, 5.41) is 0.738. The highest BCUT2D eigenvalue weighted by atomic mass is 35.5. The van der Waals surface area contributed by atoms with Gasteiger partial charge >= 0.3 is 0 Å². The van der Waals surface area contributed by atoms with E-state index < -0.39 is 5.82 Å². The van der Waals surface area contributed by atoms with Gasteiger partial charge in [-0.3, -0.25) is 9.89 Å². The van der Waals surface area contributed by atoms with Crippen molar-refractivity contribution < 1.29 is 9.13 Å². The summed E-state index contributed by atoms with van der Waals surface area (Å²) in [6, 6.07) is 9.00. The van der Waals surface area contributed by atoms with Gasteiger partial charge in [0, 0.05) is 43.0 Å². The summed E-state index contributed by atoms with van der Waals surface area (Å²) in [6.45, 7) is 9.12. The second-order valence-corrected chi connectivity index (χ2v) is 8.88. The zero-order valence-corrected chi connectivity index (χ0v) is 19.5. The summed E-state index contributed by atoms with van der Waals surface area (Å²) < 4.78 is 19.8. The van der Waals surface area contributed by atoms with E-state index in [1.807, 2.05) is 19.2 Å². The van der Waals surface area contributed by atoms with Crippen LogP contribution in [0.2, 0.25) is 5.02 Å². The lowest BCUT2D eigenvalue weighted by atomic mass is 9.85. The van der Waals surface area contributed by atoms with Crippen molar-refractivity contribution in [3.8, 4) is 5.88 Å². The van der Waals surface area contributed by atoms with Crippen LogP contribution in [0.1, 0.15) is 38.2 Å². The number of aliphatic imine (C=N–C) groups is 1. The first-order valence-electron chi connectivity index (χ1n) is 11.2. The third-order valence-electron chi connectivity index (χ3n) is 6.35. The predicted molar refractivity (Wildman–Crippen MR) is 128 cm³/mol. The zero-order chi connectivity index (χ0) is 22.7. The smallest absolute Gasteiger partial charge is 0.250 e. The molecular formula is C25H30ClFN4O. The monoisotopic (exact) mass is 456 g/mol. The molecule has 0 atom stereocenters. The number of hydrogen-bond donors (Lipinski definition) is 0. The normalized spacial score (nSPS) is 22.4. The highest BCUT2D eigenvalue weighted by Gasteiger charge is 2.33. The maximum absolute atomic E-state index is 13.9. The molecule has 0 spiro atoms. The Morgan fingerprint density at radius 3 is 2.72 bits per heavy atom. The zero-order valence-electron chi connectivity index (χ0n) is 18.7. The van der Waals surface area contributed by atoms with Crippen LogP contribution >= 0.6 is 11.6 Å². The van der Waals surface area contributed by atoms with Crippen molar-refractivity contribution in [2.24, 2.45) is 10.9 Å². The molecule has 1 saturated carbocycles. The molecule has 1 aromatic carbocycles. The molecule has 1 aromatic heterocycles. The summed E-state index contributed by atoms with van der Waals surface area (Å²) in [5.41, 5.74) is 3.30. The SMILES string of the molecule is C=C1CN(CC)Cc2cc(Cl)ccc2N1C(=NC)C1CCC(Oc2ncccc2F)CC1. The van der Waals surface area contributed by atoms with Crippen molar-refractivity contribution in [1.82, 2.24) is 9.88 Å². The van der Waals surface area contributed by atoms with Crippen molar-refractivity contribution in [2.45, 2.75) is 45.3 Å². The van der Waals surface area contributed by atoms with E-state index >= 15 is 0 Å². The van der Waals surface area contributed by atoms with Gasteiger partial charge in [-0.15, -0.1) is 0 Å². The van der Waals surface area contributed by atoms with Gasteiger partial charge in [-0.25, -0.2) is 9.37 Å². The van der Waals surface area contributed by atoms with Crippen LogP contribution in [0.5, 0.6) is 5.88 Å². The van der Waals surface area contributed by atoms with Crippen molar-refractivity contribution in [3.05, 3.63) is 65.2 Å². The fraction of sp³-hybridized carbons (Fsp3) is 0.440. The van der Waals surface area contributed by atoms with Crippen molar-refractivity contribution in [1.29, 1.82) is 0 Å². The van der Waals surface area contributed by atoms with Crippen LogP contribution < -0.4 is 9.64 Å². The second kappa shape index (κ2) is 10.0. The van der Waals surface area contributed by atoms with E-state index in [0.717, 1.165) is 67.6 Å². The number of ether oxygens (including phenoxy) is 1. The van der Waals surface area contributed by atoms with Crippen LogP contribution in [-0.2, 0) is 6.54 Å². The number of fused-ring (bicyclic) bond motifs is 1. The van der Waals surface area contributed by atoms with Gasteiger partial charge in [-0.2, -0.15) is 0 Å². The third kappa shape index (κ3) is 4.81. The first-order chi connectivity index (χ1) is 15.5. The van der Waals surface area contributed by atoms with Gasteiger partial charge in [0.25, 0.3) is 5.88 Å². The fourth-order valence-corrected chi connectivity index (χ4v) is 4.92. The Morgan fingerprint density at radius 2 is 2.03 bits per heavy atom. The summed E-state index contributed by atoms with van der Waals surface area (Å²) in [5.74, 6) is 0.981. The van der Waals surface area contributed by atoms with Gasteiger partial charge in [0.15, 0.2) is 5.82 Å². The van der Waals surface area contributed by atoms with E-state index in [1.165, 1.54) is 11.6 Å². The van der Waals surface area contributed by atoms with Crippen LogP contribution in [0, 0.1) is 11.7 Å². The molecule has 2 heterocycles. The van der Waals surface area contributed by atoms with Crippen LogP contribution in [0.15, 0.2) is 53.8 Å². The molecule has 5 nitrogen and oxygen atoms in total. The first-order valence-corrected chi connectivity index (χ1v) is 11.6. The molecule has 170 valence electrons. The topological polar surface area (TPSA) is 41.0 Å². The Morgan fingerprint density at radius 1 is 1.25 bits per heavy atom. The molecule has 2 aromatic rings. The van der Waals surface area contributed by atoms with Gasteiger partial charge in [0.2, 0.25) is 0 Å². The lowest BCUT2D eigenvalue weighted by Gasteiger charge is -2.36.